The van der Waals surface area contributed by atoms with Gasteiger partial charge in [-0.1, -0.05) is 35.9 Å². The highest BCUT2D eigenvalue weighted by Gasteiger charge is 2.35. The Morgan fingerprint density at radius 1 is 1.33 bits per heavy atom. The van der Waals surface area contributed by atoms with E-state index in [-0.39, 0.29) is 18.6 Å². The Bertz CT molecular complexity index is 489. The minimum Gasteiger partial charge on any atom is -0.439 e. The molecule has 0 saturated carbocycles. The van der Waals surface area contributed by atoms with Gasteiger partial charge < -0.3 is 4.74 Å². The van der Waals surface area contributed by atoms with Crippen molar-refractivity contribution in [3.05, 3.63) is 47.5 Å². The molecule has 2 rings (SSSR count). The number of allylic oxidation sites excluding steroid dienone is 1. The smallest absolute Gasteiger partial charge is 0.417 e. The molecular weight excluding hydrogens is 230 g/mol. The molecule has 94 valence electrons. The third-order valence-electron chi connectivity index (χ3n) is 2.66. The molecule has 0 N–H and O–H groups in total. The fraction of sp³-hybridized carbons (Fsp3) is 0.286. The first-order valence-electron chi connectivity index (χ1n) is 5.80. The van der Waals surface area contributed by atoms with Crippen LogP contribution in [-0.4, -0.2) is 23.4 Å². The Morgan fingerprint density at radius 2 is 2.00 bits per heavy atom. The van der Waals surface area contributed by atoms with Gasteiger partial charge in [0.15, 0.2) is 0 Å². The Kier molecular flexibility index (Phi) is 3.46. The normalized spacial score (nSPS) is 18.4. The molecule has 1 aromatic rings. The van der Waals surface area contributed by atoms with Gasteiger partial charge in [0, 0.05) is 6.08 Å². The highest BCUT2D eigenvalue weighted by molar-refractivity contribution is 5.99. The van der Waals surface area contributed by atoms with E-state index in [1.807, 2.05) is 44.2 Å². The highest BCUT2D eigenvalue weighted by atomic mass is 16.6. The summed E-state index contributed by atoms with van der Waals surface area (Å²) in [5, 5.41) is 0. The van der Waals surface area contributed by atoms with Gasteiger partial charge in [-0.3, -0.25) is 4.79 Å². The molecule has 0 aromatic heterocycles. The van der Waals surface area contributed by atoms with Crippen LogP contribution in [0.15, 0.2) is 42.0 Å². The van der Waals surface area contributed by atoms with Crippen LogP contribution in [0.2, 0.25) is 0 Å². The van der Waals surface area contributed by atoms with Gasteiger partial charge in [-0.05, 0) is 19.4 Å². The van der Waals surface area contributed by atoms with E-state index in [9.17, 15) is 9.59 Å². The number of hydrogen-bond donors (Lipinski definition) is 0. The van der Waals surface area contributed by atoms with Gasteiger partial charge in [0.05, 0.1) is 6.54 Å². The van der Waals surface area contributed by atoms with Crippen molar-refractivity contribution >= 4 is 12.0 Å². The van der Waals surface area contributed by atoms with Crippen LogP contribution in [0.5, 0.6) is 0 Å². The van der Waals surface area contributed by atoms with Gasteiger partial charge in [-0.25, -0.2) is 9.69 Å². The van der Waals surface area contributed by atoms with E-state index in [2.05, 4.69) is 0 Å². The average molecular weight is 245 g/mol. The fourth-order valence-corrected chi connectivity index (χ4v) is 1.81. The molecule has 1 aliphatic heterocycles. The number of rotatable bonds is 2. The molecule has 0 aliphatic carbocycles. The number of imide groups is 1. The zero-order valence-corrected chi connectivity index (χ0v) is 10.4. The van der Waals surface area contributed by atoms with Crippen LogP contribution >= 0.6 is 0 Å². The number of carbonyl (C=O) groups excluding carboxylic acids is 2. The molecule has 4 heteroatoms. The molecule has 2 amide bonds. The van der Waals surface area contributed by atoms with Gasteiger partial charge >= 0.3 is 6.09 Å². The fourth-order valence-electron chi connectivity index (χ4n) is 1.81. The predicted molar refractivity (Wildman–Crippen MR) is 66.8 cm³/mol. The molecule has 4 nitrogen and oxygen atoms in total. The van der Waals surface area contributed by atoms with Gasteiger partial charge in [0.25, 0.3) is 5.91 Å². The minimum atomic E-state index is -0.577. The summed E-state index contributed by atoms with van der Waals surface area (Å²) in [6, 6.07) is 9.42. The molecule has 0 unspecified atom stereocenters. The number of ether oxygens (including phenoxy) is 1. The molecule has 1 saturated heterocycles. The van der Waals surface area contributed by atoms with Crippen LogP contribution in [0.25, 0.3) is 0 Å². The van der Waals surface area contributed by atoms with Crippen molar-refractivity contribution in [2.45, 2.75) is 20.0 Å². The molecule has 1 atom stereocenters. The lowest BCUT2D eigenvalue weighted by molar-refractivity contribution is -0.122. The first kappa shape index (κ1) is 12.4. The summed E-state index contributed by atoms with van der Waals surface area (Å²) in [6.07, 6.45) is 0.494. The van der Waals surface area contributed by atoms with E-state index in [4.69, 9.17) is 4.74 Å². The maximum atomic E-state index is 11.8. The summed E-state index contributed by atoms with van der Waals surface area (Å²) in [4.78, 5) is 24.6. The SMILES string of the molecule is CC(C)=CC(=O)N1C[C@@H](c2ccccc2)OC1=O. The van der Waals surface area contributed by atoms with Crippen molar-refractivity contribution in [3.8, 4) is 0 Å². The quantitative estimate of drug-likeness (QED) is 0.752. The van der Waals surface area contributed by atoms with Crippen molar-refractivity contribution in [2.24, 2.45) is 0 Å². The molecule has 1 fully saturated rings. The summed E-state index contributed by atoms with van der Waals surface area (Å²) < 4.78 is 5.20. The lowest BCUT2D eigenvalue weighted by Crippen LogP contribution is -2.30. The van der Waals surface area contributed by atoms with Gasteiger partial charge in [-0.2, -0.15) is 0 Å². The number of amides is 2. The molecule has 0 spiro atoms. The molecule has 18 heavy (non-hydrogen) atoms. The molecule has 0 bridgehead atoms. The van der Waals surface area contributed by atoms with E-state index >= 15 is 0 Å². The lowest BCUT2D eigenvalue weighted by atomic mass is 10.1. The summed E-state index contributed by atoms with van der Waals surface area (Å²) in [5.74, 6) is -0.321. The Balaban J connectivity index is 2.13. The molecular formula is C14H15NO3. The summed E-state index contributed by atoms with van der Waals surface area (Å²) in [7, 11) is 0. The van der Waals surface area contributed by atoms with Crippen molar-refractivity contribution in [1.29, 1.82) is 0 Å². The van der Waals surface area contributed by atoms with Crippen molar-refractivity contribution < 1.29 is 14.3 Å². The maximum absolute atomic E-state index is 11.8. The Hall–Kier alpha value is -2.10. The zero-order valence-electron chi connectivity index (χ0n) is 10.4. The number of cyclic esters (lactones) is 1. The number of hydrogen-bond acceptors (Lipinski definition) is 3. The first-order chi connectivity index (χ1) is 8.58. The van der Waals surface area contributed by atoms with Crippen molar-refractivity contribution in [3.63, 3.8) is 0 Å². The number of nitrogens with zero attached hydrogens (tertiary/aromatic N) is 1. The molecule has 1 aliphatic rings. The van der Waals surface area contributed by atoms with E-state index in [1.165, 1.54) is 6.08 Å². The number of carbonyl (C=O) groups is 2. The largest absolute Gasteiger partial charge is 0.439 e. The second kappa shape index (κ2) is 5.04. The first-order valence-corrected chi connectivity index (χ1v) is 5.80. The standard InChI is InChI=1S/C14H15NO3/c1-10(2)8-13(16)15-9-12(18-14(15)17)11-6-4-3-5-7-11/h3-8,12H,9H2,1-2H3/t12-/m0/s1. The molecule has 0 radical (unpaired) electrons. The van der Waals surface area contributed by atoms with E-state index in [0.717, 1.165) is 16.0 Å². The van der Waals surface area contributed by atoms with E-state index in [1.54, 1.807) is 0 Å². The average Bonchev–Trinajstić information content (AvgIpc) is 2.72. The highest BCUT2D eigenvalue weighted by Crippen LogP contribution is 2.26. The van der Waals surface area contributed by atoms with Crippen molar-refractivity contribution in [2.75, 3.05) is 6.54 Å². The van der Waals surface area contributed by atoms with Crippen LogP contribution in [0.4, 0.5) is 4.79 Å². The topological polar surface area (TPSA) is 46.6 Å². The maximum Gasteiger partial charge on any atom is 0.417 e. The van der Waals surface area contributed by atoms with Gasteiger partial charge in [0.2, 0.25) is 0 Å². The monoisotopic (exact) mass is 245 g/mol. The van der Waals surface area contributed by atoms with Gasteiger partial charge in [-0.15, -0.1) is 0 Å². The second-order valence-corrected chi connectivity index (χ2v) is 4.45. The summed E-state index contributed by atoms with van der Waals surface area (Å²) in [6.45, 7) is 3.90. The predicted octanol–water partition coefficient (Wildman–Crippen LogP) is 2.67. The van der Waals surface area contributed by atoms with Gasteiger partial charge in [0.1, 0.15) is 6.10 Å². The van der Waals surface area contributed by atoms with E-state index in [0.29, 0.717) is 0 Å². The van der Waals surface area contributed by atoms with Crippen LogP contribution in [-0.2, 0) is 9.53 Å². The summed E-state index contributed by atoms with van der Waals surface area (Å²) >= 11 is 0. The zero-order chi connectivity index (χ0) is 13.1. The van der Waals surface area contributed by atoms with Crippen LogP contribution in [0.1, 0.15) is 25.5 Å². The second-order valence-electron chi connectivity index (χ2n) is 4.45. The van der Waals surface area contributed by atoms with E-state index < -0.39 is 6.09 Å². The third kappa shape index (κ3) is 2.59. The van der Waals surface area contributed by atoms with Crippen LogP contribution < -0.4 is 0 Å². The van der Waals surface area contributed by atoms with Crippen LogP contribution in [0, 0.1) is 0 Å². The number of benzene rings is 1. The van der Waals surface area contributed by atoms with Crippen LogP contribution in [0.3, 0.4) is 0 Å². The van der Waals surface area contributed by atoms with Crippen molar-refractivity contribution in [1.82, 2.24) is 4.90 Å². The molecule has 1 aromatic carbocycles. The minimum absolute atomic E-state index is 0.269. The summed E-state index contributed by atoms with van der Waals surface area (Å²) in [5.41, 5.74) is 1.76. The molecule has 1 heterocycles. The Morgan fingerprint density at radius 3 is 2.61 bits per heavy atom. The third-order valence-corrected chi connectivity index (χ3v) is 2.66. The lowest BCUT2D eigenvalue weighted by Gasteiger charge is -2.08. The Labute approximate surface area is 106 Å².